The van der Waals surface area contributed by atoms with Crippen molar-refractivity contribution in [1.82, 2.24) is 78.9 Å². The number of primary amides is 2. The van der Waals surface area contributed by atoms with Gasteiger partial charge in [-0.3, -0.25) is 87.6 Å². The largest absolute Gasteiger partial charge is 0.508 e. The molecule has 5 aliphatic heterocycles. The number of guanidine groups is 1. The van der Waals surface area contributed by atoms with E-state index in [-0.39, 0.29) is 142 Å². The highest BCUT2D eigenvalue weighted by atomic mass is 16.6. The Morgan fingerprint density at radius 2 is 0.954 bits per heavy atom. The van der Waals surface area contributed by atoms with Crippen molar-refractivity contribution in [2.24, 2.45) is 34.8 Å². The summed E-state index contributed by atoms with van der Waals surface area (Å²) < 4.78 is 12.1. The first-order chi connectivity index (χ1) is 62.3. The van der Waals surface area contributed by atoms with Crippen LogP contribution in [0.2, 0.25) is 0 Å². The number of unbranched alkanes of at least 4 members (excludes halogenated alkanes) is 2. The lowest BCUT2D eigenvalue weighted by molar-refractivity contribution is -0.138. The molecule has 0 aliphatic carbocycles. The fourth-order valence-corrected chi connectivity index (χ4v) is 15.9. The van der Waals surface area contributed by atoms with E-state index in [1.54, 1.807) is 88.4 Å². The number of aromatic hydroxyl groups is 3. The van der Waals surface area contributed by atoms with Crippen LogP contribution in [-0.4, -0.2) is 250 Å². The van der Waals surface area contributed by atoms with Crippen molar-refractivity contribution >= 4 is 94.7 Å². The quantitative estimate of drug-likeness (QED) is 0.00988. The van der Waals surface area contributed by atoms with Crippen LogP contribution in [0.1, 0.15) is 174 Å². The lowest BCUT2D eigenvalue weighted by Crippen LogP contribution is -2.68. The summed E-state index contributed by atoms with van der Waals surface area (Å²) in [6, 6.07) is 12.4. The van der Waals surface area contributed by atoms with E-state index in [9.17, 15) is 92.3 Å². The maximum absolute atomic E-state index is 14.8. The second-order valence-electron chi connectivity index (χ2n) is 34.0. The Morgan fingerprint density at radius 1 is 0.481 bits per heavy atom. The van der Waals surface area contributed by atoms with Crippen molar-refractivity contribution in [2.75, 3.05) is 52.4 Å². The van der Waals surface area contributed by atoms with Crippen LogP contribution in [-0.2, 0) is 85.5 Å². The average Bonchev–Trinajstić information content (AvgIpc) is 1.56. The number of carbonyl (C=O) groups is 15. The molecule has 12 atom stereocenters. The van der Waals surface area contributed by atoms with Crippen LogP contribution in [0.5, 0.6) is 28.7 Å². The molecule has 5 heterocycles. The van der Waals surface area contributed by atoms with Gasteiger partial charge in [-0.05, 0) is 169 Å². The first-order valence-electron chi connectivity index (χ1n) is 44.0. The second-order valence-corrected chi connectivity index (χ2v) is 34.0. The molecule has 131 heavy (non-hydrogen) atoms. The third-order valence-corrected chi connectivity index (χ3v) is 23.1. The number of carboxylic acid groups (broad SMARTS) is 1. The summed E-state index contributed by atoms with van der Waals surface area (Å²) in [5.74, 6) is -14.6. The minimum absolute atomic E-state index is 0.0231. The Kier molecular flexibility index (Phi) is 36.8. The lowest BCUT2D eigenvalue weighted by Gasteiger charge is -2.48. The summed E-state index contributed by atoms with van der Waals surface area (Å²) in [6.45, 7) is 13.6. The number of fused-ring (bicyclic) bond motifs is 9. The Balaban J connectivity index is 0.805. The van der Waals surface area contributed by atoms with Crippen molar-refractivity contribution in [3.8, 4) is 28.7 Å². The molecule has 0 aromatic heterocycles. The molecular weight excluding hydrogens is 1700 g/mol. The van der Waals surface area contributed by atoms with Crippen molar-refractivity contribution in [3.05, 3.63) is 148 Å². The minimum Gasteiger partial charge on any atom is -0.508 e. The number of esters is 1. The van der Waals surface area contributed by atoms with Gasteiger partial charge in [-0.15, -0.1) is 0 Å². The van der Waals surface area contributed by atoms with E-state index in [0.717, 1.165) is 31.7 Å². The third-order valence-electron chi connectivity index (χ3n) is 23.1. The number of amides is 13. The van der Waals surface area contributed by atoms with Crippen LogP contribution in [0.3, 0.4) is 0 Å². The smallest absolute Gasteiger partial charge is 0.340 e. The molecule has 708 valence electrons. The number of phenolic OH excluding ortho intramolecular Hbond substituents is 3. The average molecular weight is 1820 g/mol. The summed E-state index contributed by atoms with van der Waals surface area (Å²) in [4.78, 5) is 213. The van der Waals surface area contributed by atoms with E-state index in [4.69, 9.17) is 37.8 Å². The summed E-state index contributed by atoms with van der Waals surface area (Å²) in [7, 11) is 0. The van der Waals surface area contributed by atoms with E-state index >= 15 is 0 Å². The Morgan fingerprint density at radius 3 is 1.50 bits per heavy atom. The van der Waals surface area contributed by atoms with Crippen LogP contribution in [0, 0.1) is 17.2 Å². The summed E-state index contributed by atoms with van der Waals surface area (Å²) in [5, 5.41) is 83.2. The van der Waals surface area contributed by atoms with Gasteiger partial charge < -0.3 is 117 Å². The van der Waals surface area contributed by atoms with Crippen molar-refractivity contribution in [2.45, 2.75) is 216 Å². The van der Waals surface area contributed by atoms with Crippen LogP contribution in [0.15, 0.2) is 109 Å². The molecule has 2 bridgehead atoms. The van der Waals surface area contributed by atoms with E-state index < -0.39 is 192 Å². The highest BCUT2D eigenvalue weighted by Crippen LogP contribution is 2.57. The van der Waals surface area contributed by atoms with Gasteiger partial charge in [0.05, 0.1) is 17.8 Å². The fourth-order valence-electron chi connectivity index (χ4n) is 15.9. The van der Waals surface area contributed by atoms with E-state index in [1.807, 2.05) is 0 Å². The molecule has 1 spiro atoms. The lowest BCUT2D eigenvalue weighted by atomic mass is 9.77. The van der Waals surface area contributed by atoms with Gasteiger partial charge in [-0.25, -0.2) is 4.79 Å². The number of piperazine rings is 3. The van der Waals surface area contributed by atoms with E-state index in [0.29, 0.717) is 35.2 Å². The molecule has 5 aromatic carbocycles. The molecule has 41 nitrogen and oxygen atoms in total. The van der Waals surface area contributed by atoms with Gasteiger partial charge in [0, 0.05) is 99.5 Å². The zero-order valence-electron chi connectivity index (χ0n) is 74.2. The maximum atomic E-state index is 14.8. The highest BCUT2D eigenvalue weighted by Gasteiger charge is 2.54. The first-order valence-corrected chi connectivity index (χ1v) is 44.0. The summed E-state index contributed by atoms with van der Waals surface area (Å²) >= 11 is 0. The Labute approximate surface area is 757 Å². The highest BCUT2D eigenvalue weighted by molar-refractivity contribution is 6.03. The molecule has 26 N–H and O–H groups in total. The van der Waals surface area contributed by atoms with Gasteiger partial charge in [0.25, 0.3) is 5.91 Å². The van der Waals surface area contributed by atoms with Gasteiger partial charge in [0.15, 0.2) is 11.6 Å². The Hall–Kier alpha value is -13.5. The molecule has 41 heteroatoms. The number of nitrogens with two attached hydrogens (primary N) is 4. The van der Waals surface area contributed by atoms with Crippen LogP contribution >= 0.6 is 0 Å². The SMILES string of the molecule is CC(C)C[C@H](NC(=O)[C@H](CCCCN)NC(=O)[C@H](CCC(N)=O)NC(=O)[C@H](Cc1ccccc1)NC(=O)[C@H](C)NC(=O)[C@@H](NC(=O)[C@H](CCCNC(=N)N)NC(=O)[C@H](Cc1ccc(O)cc1)NC1CN2CCN1CC2)C(C)C)C(=O)N[C@@H](C)C(=O)N[C@@H](CCC(=O)O)C(=O)N[C@@H](CCCCNC(=O)c1ccc2c(c1)C(=O)OC21c2ccc(O)cc2Oc2cc(O)ccc21)C(N)=O. The predicted octanol–water partition coefficient (Wildman–Crippen LogP) is -0.730. The molecule has 0 radical (unpaired) electrons. The number of benzene rings is 5. The number of rotatable bonds is 50. The topological polar surface area (TPSA) is 646 Å². The monoisotopic (exact) mass is 1820 g/mol. The van der Waals surface area contributed by atoms with Crippen LogP contribution in [0.4, 0.5) is 0 Å². The summed E-state index contributed by atoms with van der Waals surface area (Å²) in [5.41, 5.74) is 23.7. The van der Waals surface area contributed by atoms with E-state index in [1.165, 1.54) is 62.4 Å². The molecule has 0 saturated carbocycles. The van der Waals surface area contributed by atoms with Crippen LogP contribution in [0.25, 0.3) is 0 Å². The van der Waals surface area contributed by atoms with Gasteiger partial charge in [0.2, 0.25) is 70.9 Å². The number of carboxylic acids is 1. The number of hydrogen-bond acceptors (Lipinski definition) is 25. The number of ether oxygens (including phenoxy) is 2. The molecule has 3 saturated heterocycles. The predicted molar refractivity (Wildman–Crippen MR) is 476 cm³/mol. The molecule has 10 rings (SSSR count). The van der Waals surface area contributed by atoms with Gasteiger partial charge in [-0.1, -0.05) is 76.2 Å². The summed E-state index contributed by atoms with van der Waals surface area (Å²) in [6.07, 6.45) is -1.35. The maximum Gasteiger partial charge on any atom is 0.340 e. The number of hydrogen-bond donors (Lipinski definition) is 22. The normalized spacial score (nSPS) is 17.4. The second kappa shape index (κ2) is 47.7. The number of nitrogens with zero attached hydrogens (tertiary/aromatic N) is 2. The van der Waals surface area contributed by atoms with Gasteiger partial charge in [-0.2, -0.15) is 0 Å². The van der Waals surface area contributed by atoms with Gasteiger partial charge >= 0.3 is 11.9 Å². The number of carbonyl (C=O) groups excluding carboxylic acids is 14. The zero-order valence-corrected chi connectivity index (χ0v) is 74.2. The fraction of sp³-hybridized carbons (Fsp3) is 0.489. The van der Waals surface area contributed by atoms with Crippen molar-refractivity contribution < 1.29 is 102 Å². The van der Waals surface area contributed by atoms with Crippen LogP contribution < -0.4 is 96.8 Å². The minimum atomic E-state index is -1.64. The van der Waals surface area contributed by atoms with Crippen molar-refractivity contribution in [3.63, 3.8) is 0 Å². The van der Waals surface area contributed by atoms with Crippen molar-refractivity contribution in [1.29, 1.82) is 5.41 Å². The standard InChI is InChI=1S/C90H122N20O21/c1-48(2)41-67(84(125)98-50(5)77(118)102-66(31-33-74(115)116)81(122)101-62(76(93)117)17-11-13-35-96-79(120)54-22-27-59-58(44-54)88(129)131-90(59)60-28-25-56(112)45-70(60)130-71-46-57(113)26-29-61(71)90)107-80(121)63(18-10-12-34-91)103-82(123)65(30-32-72(92)114)105-86(127)69(42-52-15-8-7-9-16-52)106-78(119)51(6)99-87(128)75(49(3)4)108-83(124)64(19-14-36-97-89(94)95)104-85(126)68(43-53-20-23-55(111)24-21-53)100-73-47-109-37-39-110(73)40-38-109/h7-9,15-16,20-29,44-46,48-51,62-69,73,75,100,111-113H,10-14,17-19,30-43,47,91H2,1-6H3,(H2,92,114)(H2,93,117)(H,96,120)(H,98,125)(H,99,128)(H,101,122)(H,102,118)(H,103,123)(H,104,126)(H,105,127)(H,106,119)(H,107,121)(H,108,124)(H,115,116)(H4,94,95,97)/t50-,51-,62-,63-,64-,65-,66-,67-,68-,69-,73?,75-/m0/s1. The molecule has 3 fully saturated rings. The number of phenols is 3. The molecule has 5 aromatic rings. The zero-order chi connectivity index (χ0) is 95.5. The third kappa shape index (κ3) is 28.7. The molecular formula is C90H122N20O21. The van der Waals surface area contributed by atoms with E-state index in [2.05, 4.69) is 78.9 Å². The number of nitrogens with one attached hydrogen (secondary N) is 14. The number of aliphatic carboxylic acids is 1. The molecule has 5 aliphatic rings. The molecule has 1 unspecified atom stereocenters. The first kappa shape index (κ1) is 101. The molecule has 13 amide bonds. The Bertz CT molecular complexity index is 4900. The van der Waals surface area contributed by atoms with Gasteiger partial charge in [0.1, 0.15) is 89.2 Å².